The topological polar surface area (TPSA) is 65.5 Å². The summed E-state index contributed by atoms with van der Waals surface area (Å²) in [5.74, 6) is 0.000456. The third kappa shape index (κ3) is 5.71. The van der Waals surface area contributed by atoms with Gasteiger partial charge in [0.05, 0.1) is 6.54 Å². The van der Waals surface area contributed by atoms with Crippen LogP contribution >= 0.6 is 0 Å². The monoisotopic (exact) mass is 313 g/mol. The van der Waals surface area contributed by atoms with Crippen molar-refractivity contribution in [3.63, 3.8) is 0 Å². The van der Waals surface area contributed by atoms with Gasteiger partial charge >= 0.3 is 0 Å². The second-order valence-corrected chi connectivity index (χ2v) is 5.64. The van der Waals surface area contributed by atoms with E-state index >= 15 is 0 Å². The first-order valence-corrected chi connectivity index (χ1v) is 7.75. The molecule has 1 amide bonds. The Bertz CT molecular complexity index is 590. The van der Waals surface area contributed by atoms with Crippen LogP contribution in [0, 0.1) is 5.92 Å². The van der Waals surface area contributed by atoms with Crippen LogP contribution in [0.15, 0.2) is 54.9 Å². The smallest absolute Gasteiger partial charge is 0.239 e. The van der Waals surface area contributed by atoms with Gasteiger partial charge in [-0.2, -0.15) is 0 Å². The third-order valence-corrected chi connectivity index (χ3v) is 3.51. The van der Waals surface area contributed by atoms with Crippen molar-refractivity contribution in [2.24, 2.45) is 5.92 Å². The summed E-state index contributed by atoms with van der Waals surface area (Å²) in [5, 5.41) is 11.9. The van der Waals surface area contributed by atoms with E-state index in [1.165, 1.54) is 0 Å². The number of amides is 1. The zero-order chi connectivity index (χ0) is 16.5. The number of anilines is 1. The first-order valence-electron chi connectivity index (χ1n) is 7.75. The van der Waals surface area contributed by atoms with Crippen molar-refractivity contribution in [2.75, 3.05) is 24.6 Å². The van der Waals surface area contributed by atoms with E-state index in [9.17, 15) is 4.79 Å². The normalized spacial score (nSPS) is 11.7. The number of nitrogens with one attached hydrogen (secondary N) is 1. The molecular formula is C18H23N3O2. The van der Waals surface area contributed by atoms with Gasteiger partial charge in [0.15, 0.2) is 0 Å². The lowest BCUT2D eigenvalue weighted by molar-refractivity contribution is -0.120. The molecule has 0 aliphatic heterocycles. The third-order valence-electron chi connectivity index (χ3n) is 3.51. The summed E-state index contributed by atoms with van der Waals surface area (Å²) >= 11 is 0. The van der Waals surface area contributed by atoms with Gasteiger partial charge in [0, 0.05) is 37.8 Å². The Balaban J connectivity index is 2.03. The Morgan fingerprint density at radius 2 is 2.04 bits per heavy atom. The van der Waals surface area contributed by atoms with Crippen molar-refractivity contribution in [3.05, 3.63) is 60.4 Å². The Morgan fingerprint density at radius 1 is 1.26 bits per heavy atom. The zero-order valence-electron chi connectivity index (χ0n) is 13.4. The average Bonchev–Trinajstić information content (AvgIpc) is 2.60. The molecule has 0 aliphatic rings. The highest BCUT2D eigenvalue weighted by molar-refractivity contribution is 5.81. The van der Waals surface area contributed by atoms with Crippen LogP contribution in [0.3, 0.4) is 0 Å². The van der Waals surface area contributed by atoms with E-state index in [-0.39, 0.29) is 25.0 Å². The van der Waals surface area contributed by atoms with Gasteiger partial charge in [-0.25, -0.2) is 0 Å². The second-order valence-electron chi connectivity index (χ2n) is 5.64. The van der Waals surface area contributed by atoms with Crippen LogP contribution in [0.2, 0.25) is 0 Å². The molecule has 1 atom stereocenters. The van der Waals surface area contributed by atoms with Gasteiger partial charge in [-0.1, -0.05) is 31.2 Å². The molecular weight excluding hydrogens is 290 g/mol. The molecule has 2 rings (SSSR count). The number of para-hydroxylation sites is 1. The minimum absolute atomic E-state index is 0.0574. The maximum Gasteiger partial charge on any atom is 0.239 e. The van der Waals surface area contributed by atoms with Gasteiger partial charge in [-0.3, -0.25) is 9.78 Å². The summed E-state index contributed by atoms with van der Waals surface area (Å²) in [7, 11) is 0. The summed E-state index contributed by atoms with van der Waals surface area (Å²) in [4.78, 5) is 18.3. The number of benzene rings is 1. The molecule has 5 heteroatoms. The van der Waals surface area contributed by atoms with Crippen LogP contribution in [0.1, 0.15) is 12.5 Å². The van der Waals surface area contributed by atoms with Crippen LogP contribution in [0.4, 0.5) is 5.69 Å². The second kappa shape index (κ2) is 8.90. The van der Waals surface area contributed by atoms with Gasteiger partial charge in [0.25, 0.3) is 0 Å². The number of hydrogen-bond donors (Lipinski definition) is 2. The minimum Gasteiger partial charge on any atom is -0.396 e. The molecule has 0 fully saturated rings. The molecule has 0 saturated heterocycles. The number of aliphatic hydroxyl groups is 1. The van der Waals surface area contributed by atoms with Gasteiger partial charge in [-0.05, 0) is 29.7 Å². The highest BCUT2D eigenvalue weighted by Gasteiger charge is 2.13. The van der Waals surface area contributed by atoms with Crippen molar-refractivity contribution >= 4 is 11.6 Å². The Morgan fingerprint density at radius 3 is 2.70 bits per heavy atom. The molecule has 1 unspecified atom stereocenters. The molecule has 122 valence electrons. The standard InChI is InChI=1S/C18H23N3O2/c1-15(14-22)10-20-18(23)13-21(17-7-3-2-4-8-17)12-16-6-5-9-19-11-16/h2-9,11,15,22H,10,12-14H2,1H3,(H,20,23). The number of aliphatic hydroxyl groups excluding tert-OH is 1. The molecule has 1 aromatic heterocycles. The molecule has 0 aliphatic carbocycles. The highest BCUT2D eigenvalue weighted by Crippen LogP contribution is 2.16. The fourth-order valence-electron chi connectivity index (χ4n) is 2.17. The Labute approximate surface area is 137 Å². The number of nitrogens with zero attached hydrogens (tertiary/aromatic N) is 2. The predicted molar refractivity (Wildman–Crippen MR) is 91.0 cm³/mol. The van der Waals surface area contributed by atoms with Crippen LogP contribution in [0.5, 0.6) is 0 Å². The van der Waals surface area contributed by atoms with Crippen molar-refractivity contribution in [3.8, 4) is 0 Å². The Kier molecular flexibility index (Phi) is 6.56. The molecule has 2 aromatic rings. The highest BCUT2D eigenvalue weighted by atomic mass is 16.3. The number of carbonyl (C=O) groups excluding carboxylic acids is 1. The lowest BCUT2D eigenvalue weighted by atomic mass is 10.2. The summed E-state index contributed by atoms with van der Waals surface area (Å²) in [5.41, 5.74) is 2.04. The van der Waals surface area contributed by atoms with Gasteiger partial charge in [-0.15, -0.1) is 0 Å². The molecule has 2 N–H and O–H groups in total. The van der Waals surface area contributed by atoms with E-state index in [1.807, 2.05) is 60.5 Å². The largest absolute Gasteiger partial charge is 0.396 e. The quantitative estimate of drug-likeness (QED) is 0.780. The van der Waals surface area contributed by atoms with E-state index in [2.05, 4.69) is 10.3 Å². The fourth-order valence-corrected chi connectivity index (χ4v) is 2.17. The SMILES string of the molecule is CC(CO)CNC(=O)CN(Cc1cccnc1)c1ccccc1. The number of carbonyl (C=O) groups is 1. The molecule has 0 bridgehead atoms. The number of aromatic nitrogens is 1. The number of hydrogen-bond acceptors (Lipinski definition) is 4. The first kappa shape index (κ1) is 17.0. The van der Waals surface area contributed by atoms with E-state index in [1.54, 1.807) is 6.20 Å². The molecule has 23 heavy (non-hydrogen) atoms. The van der Waals surface area contributed by atoms with Gasteiger partial charge in [0.1, 0.15) is 0 Å². The van der Waals surface area contributed by atoms with Crippen molar-refractivity contribution < 1.29 is 9.90 Å². The van der Waals surface area contributed by atoms with Gasteiger partial charge in [0.2, 0.25) is 5.91 Å². The van der Waals surface area contributed by atoms with Crippen molar-refractivity contribution in [2.45, 2.75) is 13.5 Å². The van der Waals surface area contributed by atoms with E-state index in [4.69, 9.17) is 5.11 Å². The lowest BCUT2D eigenvalue weighted by Crippen LogP contribution is -2.39. The first-order chi connectivity index (χ1) is 11.2. The Hall–Kier alpha value is -2.40. The van der Waals surface area contributed by atoms with Crippen LogP contribution in [0.25, 0.3) is 0 Å². The van der Waals surface area contributed by atoms with E-state index < -0.39 is 0 Å². The predicted octanol–water partition coefficient (Wildman–Crippen LogP) is 1.83. The summed E-state index contributed by atoms with van der Waals surface area (Å²) in [6, 6.07) is 13.7. The molecule has 0 saturated carbocycles. The summed E-state index contributed by atoms with van der Waals surface area (Å²) in [6.07, 6.45) is 3.54. The maximum absolute atomic E-state index is 12.2. The fraction of sp³-hybridized carbons (Fsp3) is 0.333. The lowest BCUT2D eigenvalue weighted by Gasteiger charge is -2.24. The number of pyridine rings is 1. The average molecular weight is 313 g/mol. The zero-order valence-corrected chi connectivity index (χ0v) is 13.4. The van der Waals surface area contributed by atoms with Crippen LogP contribution in [-0.2, 0) is 11.3 Å². The molecule has 1 aromatic carbocycles. The molecule has 0 spiro atoms. The molecule has 5 nitrogen and oxygen atoms in total. The van der Waals surface area contributed by atoms with Crippen LogP contribution in [-0.4, -0.2) is 35.7 Å². The minimum atomic E-state index is -0.0574. The number of rotatable bonds is 8. The van der Waals surface area contributed by atoms with Crippen molar-refractivity contribution in [1.82, 2.24) is 10.3 Å². The van der Waals surface area contributed by atoms with E-state index in [0.29, 0.717) is 13.1 Å². The summed E-state index contributed by atoms with van der Waals surface area (Å²) in [6.45, 7) is 3.31. The molecule has 0 radical (unpaired) electrons. The van der Waals surface area contributed by atoms with E-state index in [0.717, 1.165) is 11.3 Å². The maximum atomic E-state index is 12.2. The molecule has 1 heterocycles. The van der Waals surface area contributed by atoms with Crippen molar-refractivity contribution in [1.29, 1.82) is 0 Å². The van der Waals surface area contributed by atoms with Gasteiger partial charge < -0.3 is 15.3 Å². The van der Waals surface area contributed by atoms with Crippen LogP contribution < -0.4 is 10.2 Å². The summed E-state index contributed by atoms with van der Waals surface area (Å²) < 4.78 is 0.